The van der Waals surface area contributed by atoms with E-state index in [9.17, 15) is 14.9 Å². The van der Waals surface area contributed by atoms with Gasteiger partial charge in [0.15, 0.2) is 0 Å². The molecule has 1 unspecified atom stereocenters. The van der Waals surface area contributed by atoms with Crippen LogP contribution in [0.2, 0.25) is 0 Å². The summed E-state index contributed by atoms with van der Waals surface area (Å²) >= 11 is 3.13. The minimum Gasteiger partial charge on any atom is -0.305 e. The summed E-state index contributed by atoms with van der Waals surface area (Å²) in [5.74, 6) is 2.15. The Morgan fingerprint density at radius 2 is 2.28 bits per heavy atom. The van der Waals surface area contributed by atoms with Crippen LogP contribution in [0.3, 0.4) is 0 Å². The molecule has 1 aromatic carbocycles. The third-order valence-corrected chi connectivity index (χ3v) is 3.44. The molecule has 0 aliphatic carbocycles. The normalized spacial score (nSPS) is 18.8. The number of rotatable bonds is 2. The number of nitro benzene ring substituents is 1. The summed E-state index contributed by atoms with van der Waals surface area (Å²) in [5.41, 5.74) is 0.181. The van der Waals surface area contributed by atoms with Crippen molar-refractivity contribution in [1.82, 2.24) is 0 Å². The van der Waals surface area contributed by atoms with E-state index in [1.807, 2.05) is 0 Å². The Kier molecular flexibility index (Phi) is 3.34. The Hall–Kier alpha value is -1.87. The molecule has 0 bridgehead atoms. The molecule has 1 aliphatic rings. The van der Waals surface area contributed by atoms with Crippen LogP contribution in [0.25, 0.3) is 0 Å². The highest BCUT2D eigenvalue weighted by Gasteiger charge is 2.34. The van der Waals surface area contributed by atoms with Crippen LogP contribution < -0.4 is 4.90 Å². The van der Waals surface area contributed by atoms with Crippen LogP contribution in [-0.2, 0) is 4.79 Å². The van der Waals surface area contributed by atoms with Crippen molar-refractivity contribution in [1.29, 1.82) is 0 Å². The van der Waals surface area contributed by atoms with Crippen LogP contribution in [0, 0.1) is 28.4 Å². The lowest BCUT2D eigenvalue weighted by molar-refractivity contribution is -0.384. The van der Waals surface area contributed by atoms with Crippen molar-refractivity contribution in [2.45, 2.75) is 6.42 Å². The Morgan fingerprint density at radius 1 is 1.56 bits per heavy atom. The van der Waals surface area contributed by atoms with Crippen molar-refractivity contribution in [3.8, 4) is 12.3 Å². The number of halogens is 1. The van der Waals surface area contributed by atoms with Gasteiger partial charge in [-0.3, -0.25) is 14.9 Å². The van der Waals surface area contributed by atoms with Gasteiger partial charge in [0.1, 0.15) is 5.69 Å². The van der Waals surface area contributed by atoms with Gasteiger partial charge < -0.3 is 4.90 Å². The van der Waals surface area contributed by atoms with E-state index >= 15 is 0 Å². The first-order chi connectivity index (χ1) is 8.54. The van der Waals surface area contributed by atoms with Gasteiger partial charge in [-0.2, -0.15) is 0 Å². The van der Waals surface area contributed by atoms with E-state index in [0.29, 0.717) is 11.0 Å². The molecule has 1 aliphatic heterocycles. The highest BCUT2D eigenvalue weighted by Crippen LogP contribution is 2.37. The van der Waals surface area contributed by atoms with Crippen LogP contribution in [0.1, 0.15) is 6.42 Å². The summed E-state index contributed by atoms with van der Waals surface area (Å²) in [5, 5.41) is 11.1. The first-order valence-electron chi connectivity index (χ1n) is 5.24. The summed E-state index contributed by atoms with van der Waals surface area (Å²) in [7, 11) is 0. The zero-order valence-electron chi connectivity index (χ0n) is 9.30. The number of carbonyl (C=O) groups is 1. The first-order valence-corrected chi connectivity index (χ1v) is 6.03. The predicted molar refractivity (Wildman–Crippen MR) is 70.1 cm³/mol. The smallest absolute Gasteiger partial charge is 0.305 e. The fourth-order valence-corrected chi connectivity index (χ4v) is 2.46. The van der Waals surface area contributed by atoms with Crippen molar-refractivity contribution >= 4 is 33.2 Å². The molecule has 0 saturated carbocycles. The molecule has 0 aromatic heterocycles. The van der Waals surface area contributed by atoms with Gasteiger partial charge in [-0.05, 0) is 28.1 Å². The molecule has 0 radical (unpaired) electrons. The number of hydrogen-bond donors (Lipinski definition) is 0. The van der Waals surface area contributed by atoms with Gasteiger partial charge in [-0.1, -0.05) is 6.07 Å². The van der Waals surface area contributed by atoms with Crippen LogP contribution in [-0.4, -0.2) is 17.4 Å². The summed E-state index contributed by atoms with van der Waals surface area (Å²) in [6.07, 6.45) is 5.53. The summed E-state index contributed by atoms with van der Waals surface area (Å²) < 4.78 is 0.349. The molecule has 18 heavy (non-hydrogen) atoms. The Morgan fingerprint density at radius 3 is 2.83 bits per heavy atom. The molecule has 1 aromatic rings. The Labute approximate surface area is 112 Å². The third kappa shape index (κ3) is 2.09. The van der Waals surface area contributed by atoms with Crippen molar-refractivity contribution in [3.63, 3.8) is 0 Å². The highest BCUT2D eigenvalue weighted by molar-refractivity contribution is 9.10. The minimum absolute atomic E-state index is 0.108. The molecule has 0 N–H and O–H groups in total. The molecule has 0 spiro atoms. The van der Waals surface area contributed by atoms with Crippen LogP contribution in [0.4, 0.5) is 11.4 Å². The Bertz CT molecular complexity index is 565. The second-order valence-electron chi connectivity index (χ2n) is 3.94. The van der Waals surface area contributed by atoms with Gasteiger partial charge in [0.25, 0.3) is 0 Å². The second-order valence-corrected chi connectivity index (χ2v) is 4.79. The maximum Gasteiger partial charge on any atom is 0.307 e. The molecule has 1 heterocycles. The fraction of sp³-hybridized carbons (Fsp3) is 0.250. The number of amides is 1. The number of nitro groups is 1. The van der Waals surface area contributed by atoms with E-state index in [-0.39, 0.29) is 29.6 Å². The average molecular weight is 309 g/mol. The fourth-order valence-electron chi connectivity index (χ4n) is 1.95. The van der Waals surface area contributed by atoms with Gasteiger partial charge in [-0.25, -0.2) is 0 Å². The molecule has 1 atom stereocenters. The number of nitrogens with zero attached hydrogens (tertiary/aromatic N) is 2. The standard InChI is InChI=1S/C12H9BrN2O3/c1-2-8-6-11(16)14(7-8)10-5-3-4-9(13)12(10)15(17)18/h1,3-5,8H,6-7H2. The average Bonchev–Trinajstić information content (AvgIpc) is 2.69. The number of benzene rings is 1. The maximum absolute atomic E-state index is 11.8. The lowest BCUT2D eigenvalue weighted by Crippen LogP contribution is -2.25. The summed E-state index contributed by atoms with van der Waals surface area (Å²) in [6.45, 7) is 0.326. The summed E-state index contributed by atoms with van der Waals surface area (Å²) in [6, 6.07) is 4.78. The number of carbonyl (C=O) groups excluding carboxylic acids is 1. The summed E-state index contributed by atoms with van der Waals surface area (Å²) in [4.78, 5) is 23.8. The number of terminal acetylenes is 1. The molecule has 92 valence electrons. The van der Waals surface area contributed by atoms with Crippen LogP contribution >= 0.6 is 15.9 Å². The molecule has 1 fully saturated rings. The van der Waals surface area contributed by atoms with E-state index in [0.717, 1.165) is 0 Å². The van der Waals surface area contributed by atoms with Gasteiger partial charge in [-0.15, -0.1) is 12.3 Å². The van der Waals surface area contributed by atoms with Gasteiger partial charge in [0, 0.05) is 18.9 Å². The number of anilines is 1. The van der Waals surface area contributed by atoms with Crippen LogP contribution in [0.15, 0.2) is 22.7 Å². The number of para-hydroxylation sites is 1. The lowest BCUT2D eigenvalue weighted by atomic mass is 10.1. The molecular formula is C12H9BrN2O3. The van der Waals surface area contributed by atoms with Gasteiger partial charge in [0.2, 0.25) is 5.91 Å². The van der Waals surface area contributed by atoms with Crippen molar-refractivity contribution < 1.29 is 9.72 Å². The van der Waals surface area contributed by atoms with E-state index in [2.05, 4.69) is 21.9 Å². The topological polar surface area (TPSA) is 63.5 Å². The van der Waals surface area contributed by atoms with E-state index < -0.39 is 4.92 Å². The largest absolute Gasteiger partial charge is 0.307 e. The van der Waals surface area contributed by atoms with E-state index in [1.54, 1.807) is 18.2 Å². The highest BCUT2D eigenvalue weighted by atomic mass is 79.9. The minimum atomic E-state index is -0.504. The van der Waals surface area contributed by atoms with Gasteiger partial charge >= 0.3 is 5.69 Å². The molecule has 5 nitrogen and oxygen atoms in total. The molecule has 1 saturated heterocycles. The molecular weight excluding hydrogens is 300 g/mol. The maximum atomic E-state index is 11.8. The van der Waals surface area contributed by atoms with Crippen molar-refractivity contribution in [2.24, 2.45) is 5.92 Å². The zero-order chi connectivity index (χ0) is 13.3. The Balaban J connectivity index is 2.47. The zero-order valence-corrected chi connectivity index (χ0v) is 10.9. The quantitative estimate of drug-likeness (QED) is 0.478. The first kappa shape index (κ1) is 12.6. The van der Waals surface area contributed by atoms with E-state index in [4.69, 9.17) is 6.42 Å². The lowest BCUT2D eigenvalue weighted by Gasteiger charge is -2.16. The molecule has 2 rings (SSSR count). The molecule has 6 heteroatoms. The SMILES string of the molecule is C#CC1CC(=O)N(c2cccc(Br)c2[N+](=O)[O-])C1. The van der Waals surface area contributed by atoms with Crippen molar-refractivity contribution in [3.05, 3.63) is 32.8 Å². The molecule has 1 amide bonds. The van der Waals surface area contributed by atoms with Crippen molar-refractivity contribution in [2.75, 3.05) is 11.4 Å². The second kappa shape index (κ2) is 4.78. The monoisotopic (exact) mass is 308 g/mol. The predicted octanol–water partition coefficient (Wildman–Crippen LogP) is 2.34. The van der Waals surface area contributed by atoms with E-state index in [1.165, 1.54) is 4.90 Å². The van der Waals surface area contributed by atoms with Gasteiger partial charge in [0.05, 0.1) is 9.40 Å². The van der Waals surface area contributed by atoms with Crippen LogP contribution in [0.5, 0.6) is 0 Å². The third-order valence-electron chi connectivity index (χ3n) is 2.80. The number of hydrogen-bond acceptors (Lipinski definition) is 3.